The van der Waals surface area contributed by atoms with Gasteiger partial charge < -0.3 is 10.4 Å². The molecule has 0 radical (unpaired) electrons. The van der Waals surface area contributed by atoms with Crippen LogP contribution in [0.5, 0.6) is 0 Å². The Balaban J connectivity index is 2.22. The normalized spacial score (nSPS) is 11.9. The van der Waals surface area contributed by atoms with Gasteiger partial charge in [0.15, 0.2) is 0 Å². The van der Waals surface area contributed by atoms with Gasteiger partial charge in [-0.3, -0.25) is 0 Å². The summed E-state index contributed by atoms with van der Waals surface area (Å²) in [6.07, 6.45) is 0. The quantitative estimate of drug-likeness (QED) is 0.857. The minimum absolute atomic E-state index is 0.142. The number of carboxylic acids is 1. The predicted molar refractivity (Wildman–Crippen MR) is 84.3 cm³/mol. The van der Waals surface area contributed by atoms with Crippen LogP contribution in [-0.2, 0) is 0 Å². The summed E-state index contributed by atoms with van der Waals surface area (Å²) in [6.45, 7) is 4.16. The largest absolute Gasteiger partial charge is 0.478 e. The summed E-state index contributed by atoms with van der Waals surface area (Å²) < 4.78 is 0.748. The third-order valence-electron chi connectivity index (χ3n) is 3.24. The first kappa shape index (κ1) is 14.6. The van der Waals surface area contributed by atoms with Gasteiger partial charge in [-0.15, -0.1) is 0 Å². The van der Waals surface area contributed by atoms with E-state index in [1.54, 1.807) is 18.2 Å². The van der Waals surface area contributed by atoms with Crippen molar-refractivity contribution in [3.8, 4) is 0 Å². The van der Waals surface area contributed by atoms with Gasteiger partial charge in [0.05, 0.1) is 5.56 Å². The second-order valence-corrected chi connectivity index (χ2v) is 5.58. The number of aryl methyl sites for hydroxylation is 1. The Kier molecular flexibility index (Phi) is 4.45. The molecule has 0 aromatic heterocycles. The minimum atomic E-state index is -0.927. The second kappa shape index (κ2) is 6.09. The van der Waals surface area contributed by atoms with Crippen LogP contribution in [-0.4, -0.2) is 11.1 Å². The molecule has 3 nitrogen and oxygen atoms in total. The number of aromatic carboxylic acids is 1. The van der Waals surface area contributed by atoms with Gasteiger partial charge in [0, 0.05) is 16.2 Å². The summed E-state index contributed by atoms with van der Waals surface area (Å²) in [4.78, 5) is 10.9. The number of rotatable bonds is 4. The summed E-state index contributed by atoms with van der Waals surface area (Å²) in [5.41, 5.74) is 3.60. The highest BCUT2D eigenvalue weighted by Crippen LogP contribution is 2.28. The van der Waals surface area contributed by atoms with Gasteiger partial charge in [0.25, 0.3) is 0 Å². The average molecular weight is 334 g/mol. The Bertz CT molecular complexity index is 640. The van der Waals surface area contributed by atoms with Gasteiger partial charge in [0.1, 0.15) is 0 Å². The summed E-state index contributed by atoms with van der Waals surface area (Å²) in [5.74, 6) is -0.927. The number of benzene rings is 2. The molecule has 1 atom stereocenters. The second-order valence-electron chi connectivity index (χ2n) is 4.72. The molecule has 0 saturated heterocycles. The molecule has 0 bridgehead atoms. The number of halogens is 1. The fraction of sp³-hybridized carbons (Fsp3) is 0.188. The first-order valence-corrected chi connectivity index (χ1v) is 7.13. The molecule has 2 N–H and O–H groups in total. The lowest BCUT2D eigenvalue weighted by Crippen LogP contribution is -2.09. The molecule has 1 unspecified atom stereocenters. The van der Waals surface area contributed by atoms with Crippen LogP contribution < -0.4 is 5.32 Å². The van der Waals surface area contributed by atoms with E-state index < -0.39 is 5.97 Å². The lowest BCUT2D eigenvalue weighted by Gasteiger charge is -2.19. The van der Waals surface area contributed by atoms with Crippen molar-refractivity contribution in [3.05, 3.63) is 63.6 Å². The van der Waals surface area contributed by atoms with Crippen molar-refractivity contribution >= 4 is 27.6 Å². The fourth-order valence-electron chi connectivity index (χ4n) is 2.15. The number of hydrogen-bond donors (Lipinski definition) is 2. The Hall–Kier alpha value is -1.81. The van der Waals surface area contributed by atoms with Crippen molar-refractivity contribution in [1.29, 1.82) is 0 Å². The van der Waals surface area contributed by atoms with Crippen molar-refractivity contribution in [3.63, 3.8) is 0 Å². The van der Waals surface area contributed by atoms with E-state index in [1.807, 2.05) is 12.1 Å². The van der Waals surface area contributed by atoms with Crippen LogP contribution in [0.1, 0.15) is 34.5 Å². The maximum Gasteiger partial charge on any atom is 0.335 e. The monoisotopic (exact) mass is 333 g/mol. The van der Waals surface area contributed by atoms with Crippen LogP contribution >= 0.6 is 15.9 Å². The highest BCUT2D eigenvalue weighted by Gasteiger charge is 2.11. The molecule has 2 rings (SSSR count). The van der Waals surface area contributed by atoms with E-state index in [1.165, 1.54) is 11.1 Å². The number of hydrogen-bond acceptors (Lipinski definition) is 2. The molecule has 0 saturated carbocycles. The zero-order valence-electron chi connectivity index (χ0n) is 11.4. The number of anilines is 1. The summed E-state index contributed by atoms with van der Waals surface area (Å²) in [5, 5.41) is 12.3. The van der Waals surface area contributed by atoms with E-state index in [2.05, 4.69) is 47.2 Å². The van der Waals surface area contributed by atoms with Crippen LogP contribution in [0.2, 0.25) is 0 Å². The maximum absolute atomic E-state index is 10.9. The molecule has 2 aromatic rings. The molecule has 104 valence electrons. The van der Waals surface area contributed by atoms with Gasteiger partial charge in [-0.2, -0.15) is 0 Å². The number of carbonyl (C=O) groups is 1. The Morgan fingerprint density at radius 2 is 1.95 bits per heavy atom. The molecule has 2 aromatic carbocycles. The zero-order valence-corrected chi connectivity index (χ0v) is 12.9. The van der Waals surface area contributed by atoms with E-state index >= 15 is 0 Å². The first-order valence-electron chi connectivity index (χ1n) is 6.34. The lowest BCUT2D eigenvalue weighted by atomic mass is 10.0. The highest BCUT2D eigenvalue weighted by molar-refractivity contribution is 9.10. The van der Waals surface area contributed by atoms with Crippen molar-refractivity contribution in [2.45, 2.75) is 19.9 Å². The van der Waals surface area contributed by atoms with E-state index in [-0.39, 0.29) is 11.6 Å². The van der Waals surface area contributed by atoms with Crippen molar-refractivity contribution in [2.75, 3.05) is 5.32 Å². The van der Waals surface area contributed by atoms with Crippen molar-refractivity contribution in [2.24, 2.45) is 0 Å². The van der Waals surface area contributed by atoms with Crippen LogP contribution in [0.3, 0.4) is 0 Å². The third kappa shape index (κ3) is 3.20. The predicted octanol–water partition coefficient (Wildman–Crippen LogP) is 4.63. The van der Waals surface area contributed by atoms with E-state index in [9.17, 15) is 4.79 Å². The highest BCUT2D eigenvalue weighted by atomic mass is 79.9. The Morgan fingerprint density at radius 3 is 2.55 bits per heavy atom. The lowest BCUT2D eigenvalue weighted by molar-refractivity contribution is 0.0697. The molecule has 0 fully saturated rings. The van der Waals surface area contributed by atoms with E-state index in [0.717, 1.165) is 10.2 Å². The summed E-state index contributed by atoms with van der Waals surface area (Å²) >= 11 is 3.41. The first-order chi connectivity index (χ1) is 9.49. The fourth-order valence-corrected chi connectivity index (χ4v) is 2.64. The van der Waals surface area contributed by atoms with Crippen LogP contribution in [0.15, 0.2) is 46.9 Å². The molecule has 0 amide bonds. The average Bonchev–Trinajstić information content (AvgIpc) is 2.41. The minimum Gasteiger partial charge on any atom is -0.478 e. The molecule has 0 aliphatic heterocycles. The number of carboxylic acid groups (broad SMARTS) is 1. The van der Waals surface area contributed by atoms with Crippen molar-refractivity contribution < 1.29 is 9.90 Å². The van der Waals surface area contributed by atoms with Crippen LogP contribution in [0, 0.1) is 6.92 Å². The summed E-state index contributed by atoms with van der Waals surface area (Å²) in [6, 6.07) is 13.3. The van der Waals surface area contributed by atoms with E-state index in [4.69, 9.17) is 5.11 Å². The molecule has 0 aliphatic rings. The topological polar surface area (TPSA) is 49.3 Å². The molecule has 4 heteroatoms. The number of nitrogens with one attached hydrogen (secondary N) is 1. The zero-order chi connectivity index (χ0) is 14.7. The SMILES string of the molecule is Cc1ccccc1C(C)Nc1ccc(C(=O)O)cc1Br. The summed E-state index contributed by atoms with van der Waals surface area (Å²) in [7, 11) is 0. The Labute approximate surface area is 126 Å². The van der Waals surface area contributed by atoms with Crippen LogP contribution in [0.4, 0.5) is 5.69 Å². The van der Waals surface area contributed by atoms with Gasteiger partial charge in [0.2, 0.25) is 0 Å². The van der Waals surface area contributed by atoms with Crippen LogP contribution in [0.25, 0.3) is 0 Å². The van der Waals surface area contributed by atoms with Crippen molar-refractivity contribution in [1.82, 2.24) is 0 Å². The van der Waals surface area contributed by atoms with Gasteiger partial charge in [-0.1, -0.05) is 24.3 Å². The van der Waals surface area contributed by atoms with Gasteiger partial charge >= 0.3 is 5.97 Å². The smallest absolute Gasteiger partial charge is 0.335 e. The molecule has 0 heterocycles. The molecule has 0 spiro atoms. The standard InChI is InChI=1S/C16H16BrNO2/c1-10-5-3-4-6-13(10)11(2)18-15-8-7-12(16(19)20)9-14(15)17/h3-9,11,18H,1-2H3,(H,19,20). The molecule has 0 aliphatic carbocycles. The van der Waals surface area contributed by atoms with Gasteiger partial charge in [-0.25, -0.2) is 4.79 Å². The molecule has 20 heavy (non-hydrogen) atoms. The maximum atomic E-state index is 10.9. The molecular formula is C16H16BrNO2. The Morgan fingerprint density at radius 1 is 1.25 bits per heavy atom. The molecular weight excluding hydrogens is 318 g/mol. The van der Waals surface area contributed by atoms with Gasteiger partial charge in [-0.05, 0) is 59.1 Å². The van der Waals surface area contributed by atoms with E-state index in [0.29, 0.717) is 0 Å². The third-order valence-corrected chi connectivity index (χ3v) is 3.90.